The van der Waals surface area contributed by atoms with Crippen molar-refractivity contribution in [3.63, 3.8) is 0 Å². The molecule has 1 rings (SSSR count). The summed E-state index contributed by atoms with van der Waals surface area (Å²) in [5.74, 6) is -2.71. The van der Waals surface area contributed by atoms with Gasteiger partial charge in [0, 0.05) is 44.8 Å². The molecule has 4 heteroatoms. The van der Waals surface area contributed by atoms with Gasteiger partial charge in [-0.15, -0.1) is 0 Å². The van der Waals surface area contributed by atoms with Gasteiger partial charge in [0.2, 0.25) is 0 Å². The van der Waals surface area contributed by atoms with Crippen molar-refractivity contribution in [2.24, 2.45) is 0 Å². The minimum absolute atomic E-state index is 0.171. The molecule has 2 nitrogen and oxygen atoms in total. The molecule has 0 aromatic rings. The van der Waals surface area contributed by atoms with Crippen molar-refractivity contribution >= 4 is 0 Å². The Balaban J connectivity index is 2.41. The smallest absolute Gasteiger partial charge is 0.265 e. The Morgan fingerprint density at radius 1 is 0.938 bits per heavy atom. The summed E-state index contributed by atoms with van der Waals surface area (Å²) in [4.78, 5) is 4.33. The molecular formula is C12H22F2N2. The number of nitrogens with zero attached hydrogens (tertiary/aromatic N) is 2. The summed E-state index contributed by atoms with van der Waals surface area (Å²) in [6.07, 6.45) is 2.50. The molecule has 0 atom stereocenters. The van der Waals surface area contributed by atoms with Crippen LogP contribution < -0.4 is 0 Å². The molecule has 0 aromatic carbocycles. The molecule has 16 heavy (non-hydrogen) atoms. The zero-order chi connectivity index (χ0) is 12.4. The van der Waals surface area contributed by atoms with Crippen LogP contribution in [0.25, 0.3) is 0 Å². The lowest BCUT2D eigenvalue weighted by Crippen LogP contribution is -2.52. The van der Waals surface area contributed by atoms with Gasteiger partial charge < -0.3 is 4.90 Å². The van der Waals surface area contributed by atoms with Gasteiger partial charge in [0.05, 0.1) is 0 Å². The van der Waals surface area contributed by atoms with E-state index in [2.05, 4.69) is 25.7 Å². The Morgan fingerprint density at radius 3 is 1.81 bits per heavy atom. The quantitative estimate of drug-likeness (QED) is 0.722. The molecule has 0 unspecified atom stereocenters. The number of rotatable bonds is 2. The van der Waals surface area contributed by atoms with Gasteiger partial charge in [-0.25, -0.2) is 8.78 Å². The molecule has 1 heterocycles. The lowest BCUT2D eigenvalue weighted by molar-refractivity contribution is 0.0671. The highest BCUT2D eigenvalue weighted by atomic mass is 19.3. The number of hydrogen-bond donors (Lipinski definition) is 0. The first-order chi connectivity index (χ1) is 7.18. The largest absolute Gasteiger partial charge is 0.375 e. The molecule has 0 N–H and O–H groups in total. The van der Waals surface area contributed by atoms with E-state index >= 15 is 0 Å². The van der Waals surface area contributed by atoms with Crippen LogP contribution in [-0.2, 0) is 0 Å². The SMILES string of the molecule is CC(F)(F)/C=C\N1CCN(C(C)(C)C)CC1. The van der Waals surface area contributed by atoms with Crippen molar-refractivity contribution in [1.29, 1.82) is 0 Å². The normalized spacial score (nSPS) is 20.8. The van der Waals surface area contributed by atoms with Crippen LogP contribution in [0.15, 0.2) is 12.3 Å². The molecule has 1 aliphatic rings. The second-order valence-electron chi connectivity index (χ2n) is 5.47. The summed E-state index contributed by atoms with van der Waals surface area (Å²) in [5.41, 5.74) is 0.171. The Labute approximate surface area is 96.9 Å². The van der Waals surface area contributed by atoms with Crippen molar-refractivity contribution in [3.8, 4) is 0 Å². The van der Waals surface area contributed by atoms with E-state index < -0.39 is 5.92 Å². The van der Waals surface area contributed by atoms with E-state index in [1.54, 1.807) is 0 Å². The van der Waals surface area contributed by atoms with Gasteiger partial charge in [0.1, 0.15) is 0 Å². The third-order valence-corrected chi connectivity index (χ3v) is 2.84. The molecule has 1 aliphatic heterocycles. The lowest BCUT2D eigenvalue weighted by Gasteiger charge is -2.42. The summed E-state index contributed by atoms with van der Waals surface area (Å²) in [6.45, 7) is 11.0. The zero-order valence-electron chi connectivity index (χ0n) is 10.6. The van der Waals surface area contributed by atoms with Crippen molar-refractivity contribution < 1.29 is 8.78 Å². The van der Waals surface area contributed by atoms with E-state index in [0.29, 0.717) is 0 Å². The highest BCUT2D eigenvalue weighted by Gasteiger charge is 2.25. The second-order valence-corrected chi connectivity index (χ2v) is 5.47. The van der Waals surface area contributed by atoms with E-state index in [9.17, 15) is 8.78 Å². The summed E-state index contributed by atoms with van der Waals surface area (Å²) in [5, 5.41) is 0. The first kappa shape index (κ1) is 13.4. The van der Waals surface area contributed by atoms with Crippen molar-refractivity contribution in [2.45, 2.75) is 39.2 Å². The molecule has 94 valence electrons. The van der Waals surface area contributed by atoms with E-state index in [-0.39, 0.29) is 5.54 Å². The molecule has 0 bridgehead atoms. The predicted octanol–water partition coefficient (Wildman–Crippen LogP) is 2.57. The highest BCUT2D eigenvalue weighted by Crippen LogP contribution is 2.17. The van der Waals surface area contributed by atoms with Gasteiger partial charge >= 0.3 is 0 Å². The van der Waals surface area contributed by atoms with Crippen LogP contribution in [0.3, 0.4) is 0 Å². The molecule has 0 aromatic heterocycles. The van der Waals surface area contributed by atoms with Crippen LogP contribution in [0.4, 0.5) is 8.78 Å². The Morgan fingerprint density at radius 2 is 1.44 bits per heavy atom. The molecule has 1 fully saturated rings. The van der Waals surface area contributed by atoms with E-state index in [1.807, 2.05) is 4.90 Å². The average Bonchev–Trinajstić information content (AvgIpc) is 2.13. The lowest BCUT2D eigenvalue weighted by atomic mass is 10.1. The Kier molecular flexibility index (Phi) is 3.94. The van der Waals surface area contributed by atoms with Crippen LogP contribution in [0, 0.1) is 0 Å². The maximum absolute atomic E-state index is 12.6. The van der Waals surface area contributed by atoms with Crippen LogP contribution in [0.5, 0.6) is 0 Å². The van der Waals surface area contributed by atoms with Crippen LogP contribution in [0.1, 0.15) is 27.7 Å². The van der Waals surface area contributed by atoms with E-state index in [0.717, 1.165) is 39.2 Å². The third-order valence-electron chi connectivity index (χ3n) is 2.84. The average molecular weight is 232 g/mol. The molecule has 0 spiro atoms. The van der Waals surface area contributed by atoms with Gasteiger partial charge in [-0.1, -0.05) is 0 Å². The van der Waals surface area contributed by atoms with Crippen molar-refractivity contribution in [3.05, 3.63) is 12.3 Å². The monoisotopic (exact) mass is 232 g/mol. The first-order valence-electron chi connectivity index (χ1n) is 5.75. The maximum Gasteiger partial charge on any atom is 0.265 e. The number of piperazine rings is 1. The fourth-order valence-electron chi connectivity index (χ4n) is 1.78. The topological polar surface area (TPSA) is 6.48 Å². The van der Waals surface area contributed by atoms with Gasteiger partial charge in [-0.05, 0) is 26.8 Å². The van der Waals surface area contributed by atoms with Crippen LogP contribution >= 0.6 is 0 Å². The molecule has 0 aliphatic carbocycles. The molecule has 0 saturated carbocycles. The number of hydrogen-bond acceptors (Lipinski definition) is 2. The third kappa shape index (κ3) is 4.47. The van der Waals surface area contributed by atoms with E-state index in [1.165, 1.54) is 6.20 Å². The predicted molar refractivity (Wildman–Crippen MR) is 62.7 cm³/mol. The molecule has 0 amide bonds. The number of allylic oxidation sites excluding steroid dienone is 1. The van der Waals surface area contributed by atoms with Gasteiger partial charge in [0.25, 0.3) is 5.92 Å². The fourth-order valence-corrected chi connectivity index (χ4v) is 1.78. The summed E-state index contributed by atoms with van der Waals surface area (Å²) in [7, 11) is 0. The van der Waals surface area contributed by atoms with E-state index in [4.69, 9.17) is 0 Å². The van der Waals surface area contributed by atoms with Crippen molar-refractivity contribution in [1.82, 2.24) is 9.80 Å². The van der Waals surface area contributed by atoms with Gasteiger partial charge in [-0.3, -0.25) is 4.90 Å². The fraction of sp³-hybridized carbons (Fsp3) is 0.833. The maximum atomic E-state index is 12.6. The highest BCUT2D eigenvalue weighted by molar-refractivity contribution is 4.94. The molecule has 1 saturated heterocycles. The zero-order valence-corrected chi connectivity index (χ0v) is 10.6. The Bertz CT molecular complexity index is 243. The van der Waals surface area contributed by atoms with Crippen LogP contribution in [0.2, 0.25) is 0 Å². The summed E-state index contributed by atoms with van der Waals surface area (Å²) < 4.78 is 25.2. The van der Waals surface area contributed by atoms with Crippen LogP contribution in [-0.4, -0.2) is 47.4 Å². The summed E-state index contributed by atoms with van der Waals surface area (Å²) in [6, 6.07) is 0. The molecular weight excluding hydrogens is 210 g/mol. The first-order valence-corrected chi connectivity index (χ1v) is 5.75. The van der Waals surface area contributed by atoms with Crippen molar-refractivity contribution in [2.75, 3.05) is 26.2 Å². The Hall–Kier alpha value is -0.640. The number of halogens is 2. The summed E-state index contributed by atoms with van der Waals surface area (Å²) >= 11 is 0. The van der Waals surface area contributed by atoms with Gasteiger partial charge in [0.15, 0.2) is 0 Å². The standard InChI is InChI=1S/C12H22F2N2/c1-11(2,3)16-9-7-15(8-10-16)6-5-12(4,13)14/h5-6H,7-10H2,1-4H3/b6-5-. The molecule has 0 radical (unpaired) electrons. The second kappa shape index (κ2) is 4.70. The minimum atomic E-state index is -2.71. The number of alkyl halides is 2. The van der Waals surface area contributed by atoms with Gasteiger partial charge in [-0.2, -0.15) is 0 Å². The minimum Gasteiger partial charge on any atom is -0.375 e.